The Morgan fingerprint density at radius 3 is 2.61 bits per heavy atom. The SMILES string of the molecule is C[C@@H]1COC2(CCN(C(=O)c3ccc4c(c3)CCCC4)CC2)O1. The number of fused-ring (bicyclic) bond motifs is 1. The van der Waals surface area contributed by atoms with Crippen molar-refractivity contribution in [3.05, 3.63) is 34.9 Å². The third-order valence-corrected chi connectivity index (χ3v) is 5.40. The molecule has 1 aliphatic carbocycles. The van der Waals surface area contributed by atoms with Gasteiger partial charge in [-0.2, -0.15) is 0 Å². The molecular weight excluding hydrogens is 290 g/mol. The fourth-order valence-electron chi connectivity index (χ4n) is 4.07. The van der Waals surface area contributed by atoms with E-state index in [0.29, 0.717) is 19.7 Å². The van der Waals surface area contributed by atoms with E-state index < -0.39 is 5.79 Å². The minimum absolute atomic E-state index is 0.152. The van der Waals surface area contributed by atoms with Gasteiger partial charge in [0, 0.05) is 31.5 Å². The number of ether oxygens (including phenoxy) is 2. The Kier molecular flexibility index (Phi) is 3.90. The van der Waals surface area contributed by atoms with Crippen LogP contribution < -0.4 is 0 Å². The molecule has 0 aromatic heterocycles. The van der Waals surface area contributed by atoms with Gasteiger partial charge >= 0.3 is 0 Å². The molecule has 2 fully saturated rings. The van der Waals surface area contributed by atoms with Crippen LogP contribution in [0.4, 0.5) is 0 Å². The minimum Gasteiger partial charge on any atom is -0.347 e. The maximum atomic E-state index is 12.8. The standard InChI is InChI=1S/C19H25NO3/c1-14-13-22-19(23-14)8-10-20(11-9-19)18(21)17-7-6-15-4-2-3-5-16(15)12-17/h6-7,12,14H,2-5,8-11,13H2,1H3/t14-/m1/s1. The first kappa shape index (κ1) is 15.2. The van der Waals surface area contributed by atoms with E-state index in [1.165, 1.54) is 24.0 Å². The second kappa shape index (κ2) is 5.91. The first-order valence-electron chi connectivity index (χ1n) is 8.88. The fourth-order valence-corrected chi connectivity index (χ4v) is 4.07. The summed E-state index contributed by atoms with van der Waals surface area (Å²) in [4.78, 5) is 14.7. The van der Waals surface area contributed by atoms with Crippen LogP contribution in [0.5, 0.6) is 0 Å². The van der Waals surface area contributed by atoms with Gasteiger partial charge in [-0.3, -0.25) is 4.79 Å². The lowest BCUT2D eigenvalue weighted by atomic mass is 9.90. The van der Waals surface area contributed by atoms with Crippen LogP contribution in [0.25, 0.3) is 0 Å². The molecule has 4 heteroatoms. The molecule has 4 rings (SSSR count). The predicted molar refractivity (Wildman–Crippen MR) is 87.5 cm³/mol. The molecule has 23 heavy (non-hydrogen) atoms. The third kappa shape index (κ3) is 2.90. The molecule has 0 radical (unpaired) electrons. The highest BCUT2D eigenvalue weighted by molar-refractivity contribution is 5.94. The Morgan fingerprint density at radius 2 is 1.91 bits per heavy atom. The van der Waals surface area contributed by atoms with Gasteiger partial charge in [-0.1, -0.05) is 6.07 Å². The van der Waals surface area contributed by atoms with E-state index in [1.807, 2.05) is 17.9 Å². The van der Waals surface area contributed by atoms with E-state index in [9.17, 15) is 4.79 Å². The van der Waals surface area contributed by atoms with E-state index in [2.05, 4.69) is 12.1 Å². The van der Waals surface area contributed by atoms with Gasteiger partial charge in [0.05, 0.1) is 12.7 Å². The molecule has 124 valence electrons. The quantitative estimate of drug-likeness (QED) is 0.800. The Morgan fingerprint density at radius 1 is 1.17 bits per heavy atom. The number of carbonyl (C=O) groups is 1. The number of hydrogen-bond donors (Lipinski definition) is 0. The van der Waals surface area contributed by atoms with E-state index in [0.717, 1.165) is 31.2 Å². The van der Waals surface area contributed by atoms with Crippen molar-refractivity contribution in [3.63, 3.8) is 0 Å². The Hall–Kier alpha value is -1.39. The summed E-state index contributed by atoms with van der Waals surface area (Å²) < 4.78 is 11.8. The monoisotopic (exact) mass is 315 g/mol. The molecule has 4 nitrogen and oxygen atoms in total. The maximum absolute atomic E-state index is 12.8. The summed E-state index contributed by atoms with van der Waals surface area (Å²) in [6.45, 7) is 4.13. The van der Waals surface area contributed by atoms with Gasteiger partial charge < -0.3 is 14.4 Å². The minimum atomic E-state index is -0.438. The first-order chi connectivity index (χ1) is 11.2. The van der Waals surface area contributed by atoms with Crippen molar-refractivity contribution in [2.24, 2.45) is 0 Å². The summed E-state index contributed by atoms with van der Waals surface area (Å²) >= 11 is 0. The number of hydrogen-bond acceptors (Lipinski definition) is 3. The average molecular weight is 315 g/mol. The van der Waals surface area contributed by atoms with Crippen molar-refractivity contribution in [1.82, 2.24) is 4.90 Å². The molecule has 1 spiro atoms. The van der Waals surface area contributed by atoms with E-state index in [-0.39, 0.29) is 12.0 Å². The summed E-state index contributed by atoms with van der Waals surface area (Å²) in [5.74, 6) is -0.286. The predicted octanol–water partition coefficient (Wildman–Crippen LogP) is 2.93. The first-order valence-corrected chi connectivity index (χ1v) is 8.88. The second-order valence-electron chi connectivity index (χ2n) is 7.13. The smallest absolute Gasteiger partial charge is 0.253 e. The zero-order valence-corrected chi connectivity index (χ0v) is 13.8. The summed E-state index contributed by atoms with van der Waals surface area (Å²) in [6, 6.07) is 6.27. The largest absolute Gasteiger partial charge is 0.347 e. The molecule has 3 aliphatic rings. The lowest BCUT2D eigenvalue weighted by Gasteiger charge is -2.38. The van der Waals surface area contributed by atoms with Crippen LogP contribution in [-0.4, -0.2) is 42.4 Å². The molecule has 2 aliphatic heterocycles. The van der Waals surface area contributed by atoms with Gasteiger partial charge in [0.25, 0.3) is 5.91 Å². The lowest BCUT2D eigenvalue weighted by Crippen LogP contribution is -2.47. The Balaban J connectivity index is 1.44. The van der Waals surface area contributed by atoms with Crippen LogP contribution >= 0.6 is 0 Å². The van der Waals surface area contributed by atoms with Gasteiger partial charge in [-0.25, -0.2) is 0 Å². The van der Waals surface area contributed by atoms with Gasteiger partial charge in [-0.05, 0) is 55.9 Å². The zero-order chi connectivity index (χ0) is 15.9. The second-order valence-corrected chi connectivity index (χ2v) is 7.13. The summed E-state index contributed by atoms with van der Waals surface area (Å²) in [6.07, 6.45) is 6.48. The normalized spacial score (nSPS) is 26.3. The molecule has 1 atom stereocenters. The highest BCUT2D eigenvalue weighted by atomic mass is 16.7. The average Bonchev–Trinajstić information content (AvgIpc) is 2.95. The molecule has 0 saturated carbocycles. The van der Waals surface area contributed by atoms with Gasteiger partial charge in [0.15, 0.2) is 5.79 Å². The summed E-state index contributed by atoms with van der Waals surface area (Å²) in [5.41, 5.74) is 3.63. The molecule has 1 aromatic carbocycles. The van der Waals surface area contributed by atoms with Gasteiger partial charge in [-0.15, -0.1) is 0 Å². The van der Waals surface area contributed by atoms with Crippen LogP contribution in [0.3, 0.4) is 0 Å². The summed E-state index contributed by atoms with van der Waals surface area (Å²) in [7, 11) is 0. The molecular formula is C19H25NO3. The van der Waals surface area contributed by atoms with E-state index in [4.69, 9.17) is 9.47 Å². The highest BCUT2D eigenvalue weighted by Crippen LogP contribution is 2.34. The van der Waals surface area contributed by atoms with Crippen molar-refractivity contribution in [1.29, 1.82) is 0 Å². The molecule has 2 saturated heterocycles. The molecule has 1 amide bonds. The number of piperidine rings is 1. The zero-order valence-electron chi connectivity index (χ0n) is 13.8. The van der Waals surface area contributed by atoms with Crippen molar-refractivity contribution >= 4 is 5.91 Å². The Bertz CT molecular complexity index is 605. The molecule has 1 aromatic rings. The number of rotatable bonds is 1. The van der Waals surface area contributed by atoms with Crippen LogP contribution in [-0.2, 0) is 22.3 Å². The number of aryl methyl sites for hydroxylation is 2. The number of carbonyl (C=O) groups excluding carboxylic acids is 1. The molecule has 0 N–H and O–H groups in total. The van der Waals surface area contributed by atoms with Gasteiger partial charge in [0.1, 0.15) is 0 Å². The molecule has 0 unspecified atom stereocenters. The Labute approximate surface area is 137 Å². The summed E-state index contributed by atoms with van der Waals surface area (Å²) in [5, 5.41) is 0. The van der Waals surface area contributed by atoms with Crippen molar-refractivity contribution in [3.8, 4) is 0 Å². The van der Waals surface area contributed by atoms with Crippen LogP contribution in [0, 0.1) is 0 Å². The third-order valence-electron chi connectivity index (χ3n) is 5.40. The molecule has 0 bridgehead atoms. The number of amides is 1. The van der Waals surface area contributed by atoms with Crippen LogP contribution in [0.2, 0.25) is 0 Å². The highest BCUT2D eigenvalue weighted by Gasteiger charge is 2.43. The lowest BCUT2D eigenvalue weighted by molar-refractivity contribution is -0.189. The van der Waals surface area contributed by atoms with Crippen LogP contribution in [0.15, 0.2) is 18.2 Å². The van der Waals surface area contributed by atoms with Gasteiger partial charge in [0.2, 0.25) is 0 Å². The van der Waals surface area contributed by atoms with Crippen LogP contribution in [0.1, 0.15) is 54.1 Å². The maximum Gasteiger partial charge on any atom is 0.253 e. The topological polar surface area (TPSA) is 38.8 Å². The number of benzene rings is 1. The number of likely N-dealkylation sites (tertiary alicyclic amines) is 1. The van der Waals surface area contributed by atoms with Crippen molar-refractivity contribution < 1.29 is 14.3 Å². The fraction of sp³-hybridized carbons (Fsp3) is 0.632. The van der Waals surface area contributed by atoms with E-state index >= 15 is 0 Å². The van der Waals surface area contributed by atoms with Crippen molar-refractivity contribution in [2.75, 3.05) is 19.7 Å². The molecule has 2 heterocycles. The number of nitrogens with zero attached hydrogens (tertiary/aromatic N) is 1. The van der Waals surface area contributed by atoms with Crippen molar-refractivity contribution in [2.45, 2.75) is 57.3 Å². The van der Waals surface area contributed by atoms with E-state index in [1.54, 1.807) is 0 Å².